The van der Waals surface area contributed by atoms with Crippen molar-refractivity contribution in [3.63, 3.8) is 0 Å². The molecule has 3 aliphatic heterocycles. The number of carbonyl (C=O) groups excluding carboxylic acids is 2. The summed E-state index contributed by atoms with van der Waals surface area (Å²) in [7, 11) is -2.06. The van der Waals surface area contributed by atoms with Crippen molar-refractivity contribution >= 4 is 42.8 Å². The molecule has 49 heavy (non-hydrogen) atoms. The van der Waals surface area contributed by atoms with E-state index >= 15 is 0 Å². The first-order valence-corrected chi connectivity index (χ1v) is 20.0. The SMILES string of the molecule is Cc1ncnc2c1ccn2[C@@H]1O[C@H]([C@@H](c2ccc(Cl)cc2CCO[Si](C)(C)C(C)(C)C)N2C(=O)c3ccccc3C2=O)[C@H]2OC(C)(C)O[C@H]21. The van der Waals surface area contributed by atoms with E-state index in [4.69, 9.17) is 30.2 Å². The summed E-state index contributed by atoms with van der Waals surface area (Å²) >= 11 is 6.63. The third kappa shape index (κ3) is 5.84. The molecule has 7 rings (SSSR count). The molecule has 10 nitrogen and oxygen atoms in total. The minimum Gasteiger partial charge on any atom is -0.416 e. The third-order valence-corrected chi connectivity index (χ3v) is 15.3. The van der Waals surface area contributed by atoms with Crippen LogP contribution in [0.25, 0.3) is 11.0 Å². The predicted molar refractivity (Wildman–Crippen MR) is 188 cm³/mol. The van der Waals surface area contributed by atoms with Gasteiger partial charge in [0.15, 0.2) is 20.3 Å². The third-order valence-electron chi connectivity index (χ3n) is 10.5. The minimum atomic E-state index is -2.06. The number of rotatable bonds is 8. The van der Waals surface area contributed by atoms with E-state index < -0.39 is 44.7 Å². The highest BCUT2D eigenvalue weighted by atomic mass is 35.5. The normalized spacial score (nSPS) is 24.1. The average Bonchev–Trinajstić information content (AvgIpc) is 3.75. The van der Waals surface area contributed by atoms with Crippen molar-refractivity contribution in [1.29, 1.82) is 0 Å². The first kappa shape index (κ1) is 34.0. The molecule has 0 aliphatic carbocycles. The van der Waals surface area contributed by atoms with Crippen LogP contribution in [-0.4, -0.2) is 70.3 Å². The lowest BCUT2D eigenvalue weighted by Crippen LogP contribution is -2.46. The monoisotopic (exact) mass is 702 g/mol. The van der Waals surface area contributed by atoms with Gasteiger partial charge in [-0.3, -0.25) is 14.5 Å². The van der Waals surface area contributed by atoms with Gasteiger partial charge in [-0.05, 0) is 86.8 Å². The van der Waals surface area contributed by atoms with Crippen molar-refractivity contribution in [3.8, 4) is 0 Å². The predicted octanol–water partition coefficient (Wildman–Crippen LogP) is 7.41. The summed E-state index contributed by atoms with van der Waals surface area (Å²) in [5.74, 6) is -1.73. The van der Waals surface area contributed by atoms with Gasteiger partial charge in [-0.15, -0.1) is 0 Å². The molecule has 5 atom stereocenters. The number of imide groups is 1. The summed E-state index contributed by atoms with van der Waals surface area (Å²) in [6, 6.07) is 13.6. The number of halogens is 1. The Morgan fingerprint density at radius 1 is 1.00 bits per heavy atom. The fourth-order valence-electron chi connectivity index (χ4n) is 7.02. The molecular weight excluding hydrogens is 660 g/mol. The highest BCUT2D eigenvalue weighted by Gasteiger charge is 2.60. The van der Waals surface area contributed by atoms with E-state index in [9.17, 15) is 9.59 Å². The van der Waals surface area contributed by atoms with Crippen LogP contribution in [0.3, 0.4) is 0 Å². The Labute approximate surface area is 292 Å². The van der Waals surface area contributed by atoms with Crippen molar-refractivity contribution in [2.45, 2.75) is 102 Å². The molecule has 4 aromatic rings. The summed E-state index contributed by atoms with van der Waals surface area (Å²) in [6.07, 6.45) is 1.28. The second-order valence-corrected chi connectivity index (χ2v) is 20.4. The maximum Gasteiger partial charge on any atom is 0.262 e. The fraction of sp³-hybridized carbons (Fsp3) is 0.459. The van der Waals surface area contributed by atoms with Crippen molar-refractivity contribution < 1.29 is 28.2 Å². The van der Waals surface area contributed by atoms with Crippen LogP contribution in [0.5, 0.6) is 0 Å². The summed E-state index contributed by atoms with van der Waals surface area (Å²) in [6.45, 7) is 17.2. The van der Waals surface area contributed by atoms with Crippen LogP contribution in [0.4, 0.5) is 0 Å². The number of aryl methyl sites for hydroxylation is 1. The Balaban J connectivity index is 1.34. The van der Waals surface area contributed by atoms with Crippen LogP contribution in [0.15, 0.2) is 61.1 Å². The lowest BCUT2D eigenvalue weighted by Gasteiger charge is -2.37. The topological polar surface area (TPSA) is 105 Å². The summed E-state index contributed by atoms with van der Waals surface area (Å²) < 4.78 is 28.6. The lowest BCUT2D eigenvalue weighted by atomic mass is 9.90. The number of fused-ring (bicyclic) bond motifs is 3. The van der Waals surface area contributed by atoms with E-state index in [1.165, 1.54) is 11.2 Å². The van der Waals surface area contributed by atoms with Crippen LogP contribution < -0.4 is 0 Å². The average molecular weight is 703 g/mol. The Hall–Kier alpha value is -3.45. The van der Waals surface area contributed by atoms with E-state index in [1.807, 2.05) is 49.7 Å². The van der Waals surface area contributed by atoms with Gasteiger partial charge in [0.1, 0.15) is 30.3 Å². The Morgan fingerprint density at radius 2 is 1.67 bits per heavy atom. The number of hydrogen-bond acceptors (Lipinski definition) is 8. The molecular formula is C37H43ClN4O6Si. The number of aromatic nitrogens is 3. The molecule has 3 aliphatic rings. The first-order chi connectivity index (χ1) is 23.1. The molecule has 0 radical (unpaired) electrons. The van der Waals surface area contributed by atoms with E-state index in [1.54, 1.807) is 30.3 Å². The Morgan fingerprint density at radius 3 is 2.35 bits per heavy atom. The standard InChI is InChI=1S/C37H43ClN4O6Si/c1-21-24-15-17-41(32(24)40-20-39-21)35-31-30(47-37(5,6)48-31)29(46-35)28(42-33(43)26-11-9-10-12-27(26)34(42)44)25-14-13-23(38)19-22(25)16-18-45-49(7,8)36(2,3)4/h9-15,17,19-20,28-31,35H,16,18H2,1-8H3/t28-,29-,30-,31-,35-/m1/s1. The second-order valence-electron chi connectivity index (χ2n) is 15.1. The zero-order chi connectivity index (χ0) is 35.0. The Bertz CT molecular complexity index is 1920. The largest absolute Gasteiger partial charge is 0.416 e. The summed E-state index contributed by atoms with van der Waals surface area (Å²) in [5.41, 5.74) is 3.85. The first-order valence-electron chi connectivity index (χ1n) is 16.8. The summed E-state index contributed by atoms with van der Waals surface area (Å²) in [4.78, 5) is 38.8. The van der Waals surface area contributed by atoms with Gasteiger partial charge in [-0.25, -0.2) is 9.97 Å². The maximum atomic E-state index is 14.3. The van der Waals surface area contributed by atoms with E-state index in [-0.39, 0.29) is 16.9 Å². The molecule has 2 aromatic heterocycles. The van der Waals surface area contributed by atoms with E-state index in [2.05, 4.69) is 43.8 Å². The molecule has 0 N–H and O–H groups in total. The van der Waals surface area contributed by atoms with Crippen molar-refractivity contribution in [1.82, 2.24) is 19.4 Å². The number of ether oxygens (including phenoxy) is 3. The molecule has 0 bridgehead atoms. The van der Waals surface area contributed by atoms with Gasteiger partial charge in [-0.1, -0.05) is 50.6 Å². The van der Waals surface area contributed by atoms with Gasteiger partial charge in [0.05, 0.1) is 22.9 Å². The smallest absolute Gasteiger partial charge is 0.262 e. The number of amides is 2. The Kier molecular flexibility index (Phi) is 8.40. The number of benzene rings is 2. The molecule has 2 fully saturated rings. The summed E-state index contributed by atoms with van der Waals surface area (Å²) in [5, 5.41) is 1.47. The zero-order valence-electron chi connectivity index (χ0n) is 29.2. The number of nitrogens with zero attached hydrogens (tertiary/aromatic N) is 4. The molecule has 2 aromatic carbocycles. The second kappa shape index (κ2) is 12.1. The van der Waals surface area contributed by atoms with E-state index in [0.717, 1.165) is 22.2 Å². The van der Waals surface area contributed by atoms with Crippen LogP contribution in [0, 0.1) is 6.92 Å². The lowest BCUT2D eigenvalue weighted by molar-refractivity contribution is -0.201. The van der Waals surface area contributed by atoms with Crippen LogP contribution >= 0.6 is 11.6 Å². The van der Waals surface area contributed by atoms with Gasteiger partial charge < -0.3 is 23.2 Å². The molecule has 12 heteroatoms. The van der Waals surface area contributed by atoms with Gasteiger partial charge >= 0.3 is 0 Å². The van der Waals surface area contributed by atoms with Gasteiger partial charge in [0.25, 0.3) is 11.8 Å². The van der Waals surface area contributed by atoms with Crippen molar-refractivity contribution in [3.05, 3.63) is 94.0 Å². The quantitative estimate of drug-likeness (QED) is 0.138. The zero-order valence-corrected chi connectivity index (χ0v) is 30.9. The highest BCUT2D eigenvalue weighted by Crippen LogP contribution is 2.50. The van der Waals surface area contributed by atoms with Crippen LogP contribution in [-0.2, 0) is 25.1 Å². The van der Waals surface area contributed by atoms with Crippen LogP contribution in [0.2, 0.25) is 23.2 Å². The molecule has 0 spiro atoms. The molecule has 5 heterocycles. The highest BCUT2D eigenvalue weighted by molar-refractivity contribution is 6.74. The van der Waals surface area contributed by atoms with Gasteiger partial charge in [0.2, 0.25) is 0 Å². The molecule has 258 valence electrons. The number of hydrogen-bond donors (Lipinski definition) is 0. The van der Waals surface area contributed by atoms with Crippen molar-refractivity contribution in [2.24, 2.45) is 0 Å². The fourth-order valence-corrected chi connectivity index (χ4v) is 8.26. The molecule has 2 amide bonds. The molecule has 0 saturated carbocycles. The van der Waals surface area contributed by atoms with Gasteiger partial charge in [0, 0.05) is 23.2 Å². The molecule has 0 unspecified atom stereocenters. The maximum absolute atomic E-state index is 14.3. The molecule has 2 saturated heterocycles. The van der Waals surface area contributed by atoms with E-state index in [0.29, 0.717) is 34.8 Å². The van der Waals surface area contributed by atoms with Crippen LogP contribution in [0.1, 0.15) is 84.4 Å². The minimum absolute atomic E-state index is 0.0350. The number of carbonyl (C=O) groups is 2. The van der Waals surface area contributed by atoms with Crippen molar-refractivity contribution in [2.75, 3.05) is 6.61 Å². The van der Waals surface area contributed by atoms with Gasteiger partial charge in [-0.2, -0.15) is 0 Å².